The van der Waals surface area contributed by atoms with Crippen LogP contribution in [-0.2, 0) is 0 Å². The van der Waals surface area contributed by atoms with Gasteiger partial charge in [-0.25, -0.2) is 19.9 Å². The molecule has 1 aliphatic rings. The van der Waals surface area contributed by atoms with E-state index in [2.05, 4.69) is 26.7 Å². The molecule has 0 spiro atoms. The topological polar surface area (TPSA) is 58.0 Å². The Morgan fingerprint density at radius 1 is 1.04 bits per heavy atom. The van der Waals surface area contributed by atoms with Crippen LogP contribution in [0.25, 0.3) is 23.2 Å². The largest absolute Gasteiger partial charge is 0.358 e. The van der Waals surface area contributed by atoms with Gasteiger partial charge in [-0.15, -0.1) is 0 Å². The van der Waals surface area contributed by atoms with Crippen molar-refractivity contribution in [3.8, 4) is 0 Å². The minimum Gasteiger partial charge on any atom is -0.358 e. The van der Waals surface area contributed by atoms with Crippen LogP contribution in [0.5, 0.6) is 0 Å². The van der Waals surface area contributed by atoms with Gasteiger partial charge in [0, 0.05) is 32.7 Å². The Hall–Kier alpha value is -2.73. The number of fused-ring (bicyclic) bond motifs is 1. The zero-order valence-corrected chi connectivity index (χ0v) is 16.9. The zero-order valence-electron chi connectivity index (χ0n) is 16.1. The third-order valence-corrected chi connectivity index (χ3v) is 5.13. The normalized spacial score (nSPS) is 14.3. The van der Waals surface area contributed by atoms with Crippen molar-refractivity contribution in [1.29, 1.82) is 0 Å². The molecule has 0 N–H and O–H groups in total. The Morgan fingerprint density at radius 2 is 1.75 bits per heavy atom. The van der Waals surface area contributed by atoms with Gasteiger partial charge in [0.1, 0.15) is 16.7 Å². The van der Waals surface area contributed by atoms with Crippen molar-refractivity contribution < 1.29 is 0 Å². The summed E-state index contributed by atoms with van der Waals surface area (Å²) in [6.07, 6.45) is 6.15. The summed E-state index contributed by atoms with van der Waals surface area (Å²) in [5.74, 6) is 2.29. The van der Waals surface area contributed by atoms with Crippen LogP contribution >= 0.6 is 11.6 Å². The third-order valence-electron chi connectivity index (χ3n) is 4.93. The number of hydrogen-bond donors (Lipinski definition) is 0. The summed E-state index contributed by atoms with van der Waals surface area (Å²) in [6.45, 7) is 4.95. The van der Waals surface area contributed by atoms with Gasteiger partial charge in [0.05, 0.1) is 11.0 Å². The number of nitrogens with zero attached hydrogens (tertiary/aromatic N) is 6. The van der Waals surface area contributed by atoms with E-state index >= 15 is 0 Å². The van der Waals surface area contributed by atoms with E-state index in [1.165, 1.54) is 12.8 Å². The van der Waals surface area contributed by atoms with Crippen molar-refractivity contribution in [2.45, 2.75) is 19.8 Å². The summed E-state index contributed by atoms with van der Waals surface area (Å²) >= 11 is 6.24. The van der Waals surface area contributed by atoms with Gasteiger partial charge in [-0.3, -0.25) is 0 Å². The molecular formula is C21H23ClN6. The molecule has 28 heavy (non-hydrogen) atoms. The molecule has 3 aromatic rings. The summed E-state index contributed by atoms with van der Waals surface area (Å²) in [5.41, 5.74) is 2.53. The lowest BCUT2D eigenvalue weighted by atomic mass is 10.2. The number of aromatic nitrogens is 4. The van der Waals surface area contributed by atoms with Crippen LogP contribution in [0.1, 0.15) is 31.3 Å². The standard InChI is InChI=1S/C21H23ClN6/c1-3-27(2)21-17(23-15-8-4-5-9-16(15)24-21)10-11-19-25-18(22)14-20(26-19)28-12-6-7-13-28/h4-5,8-11,14H,3,6-7,12-13H2,1-2H3/b11-10+. The fourth-order valence-electron chi connectivity index (χ4n) is 3.31. The number of anilines is 2. The second-order valence-corrected chi connectivity index (χ2v) is 7.26. The molecule has 0 unspecified atom stereocenters. The molecule has 0 bridgehead atoms. The molecule has 0 amide bonds. The molecule has 0 atom stereocenters. The van der Waals surface area contributed by atoms with E-state index in [0.717, 1.165) is 48.0 Å². The number of benzene rings is 1. The summed E-state index contributed by atoms with van der Waals surface area (Å²) in [7, 11) is 2.01. The molecule has 2 aromatic heterocycles. The molecule has 0 aliphatic carbocycles. The summed E-state index contributed by atoms with van der Waals surface area (Å²) in [4.78, 5) is 22.9. The van der Waals surface area contributed by atoms with Crippen LogP contribution < -0.4 is 9.80 Å². The fraction of sp³-hybridized carbons (Fsp3) is 0.333. The van der Waals surface area contributed by atoms with Crippen molar-refractivity contribution in [2.24, 2.45) is 0 Å². The van der Waals surface area contributed by atoms with E-state index in [4.69, 9.17) is 21.6 Å². The molecule has 1 aromatic carbocycles. The van der Waals surface area contributed by atoms with Crippen molar-refractivity contribution in [1.82, 2.24) is 19.9 Å². The highest BCUT2D eigenvalue weighted by molar-refractivity contribution is 6.29. The maximum absolute atomic E-state index is 6.24. The maximum atomic E-state index is 6.24. The lowest BCUT2D eigenvalue weighted by molar-refractivity contribution is 0.923. The van der Waals surface area contributed by atoms with Crippen LogP contribution in [0.4, 0.5) is 11.6 Å². The highest BCUT2D eigenvalue weighted by Crippen LogP contribution is 2.23. The number of halogens is 1. The van der Waals surface area contributed by atoms with E-state index < -0.39 is 0 Å². The molecule has 0 radical (unpaired) electrons. The summed E-state index contributed by atoms with van der Waals surface area (Å²) in [6, 6.07) is 9.72. The van der Waals surface area contributed by atoms with Crippen LogP contribution in [0.2, 0.25) is 5.15 Å². The highest BCUT2D eigenvalue weighted by Gasteiger charge is 2.15. The predicted molar refractivity (Wildman–Crippen MR) is 116 cm³/mol. The number of rotatable bonds is 5. The highest BCUT2D eigenvalue weighted by atomic mass is 35.5. The predicted octanol–water partition coefficient (Wildman–Crippen LogP) is 4.30. The molecule has 0 saturated carbocycles. The summed E-state index contributed by atoms with van der Waals surface area (Å²) in [5, 5.41) is 0.451. The van der Waals surface area contributed by atoms with Gasteiger partial charge >= 0.3 is 0 Å². The smallest absolute Gasteiger partial charge is 0.156 e. The maximum Gasteiger partial charge on any atom is 0.156 e. The fourth-order valence-corrected chi connectivity index (χ4v) is 3.49. The molecule has 1 saturated heterocycles. The van der Waals surface area contributed by atoms with Crippen LogP contribution in [0, 0.1) is 0 Å². The minimum atomic E-state index is 0.451. The van der Waals surface area contributed by atoms with Crippen molar-refractivity contribution in [3.05, 3.63) is 47.0 Å². The SMILES string of the molecule is CCN(C)c1nc2ccccc2nc1/C=C/c1nc(Cl)cc(N2CCCC2)n1. The van der Waals surface area contributed by atoms with Crippen molar-refractivity contribution >= 4 is 46.4 Å². The van der Waals surface area contributed by atoms with Gasteiger partial charge in [-0.1, -0.05) is 23.7 Å². The lowest BCUT2D eigenvalue weighted by Crippen LogP contribution is -2.19. The van der Waals surface area contributed by atoms with Gasteiger partial charge in [0.25, 0.3) is 0 Å². The van der Waals surface area contributed by atoms with Crippen LogP contribution in [0.15, 0.2) is 30.3 Å². The van der Waals surface area contributed by atoms with Crippen molar-refractivity contribution in [3.63, 3.8) is 0 Å². The minimum absolute atomic E-state index is 0.451. The second kappa shape index (κ2) is 8.10. The van der Waals surface area contributed by atoms with Gasteiger partial charge in [0.15, 0.2) is 11.6 Å². The first-order valence-corrected chi connectivity index (χ1v) is 9.97. The first-order valence-electron chi connectivity index (χ1n) is 9.59. The second-order valence-electron chi connectivity index (χ2n) is 6.87. The third kappa shape index (κ3) is 3.92. The Kier molecular flexibility index (Phi) is 5.39. The summed E-state index contributed by atoms with van der Waals surface area (Å²) < 4.78 is 0. The molecular weight excluding hydrogens is 372 g/mol. The molecule has 144 valence electrons. The Labute approximate surface area is 169 Å². The first-order chi connectivity index (χ1) is 13.6. The van der Waals surface area contributed by atoms with E-state index in [-0.39, 0.29) is 0 Å². The lowest BCUT2D eigenvalue weighted by Gasteiger charge is -2.18. The van der Waals surface area contributed by atoms with Gasteiger partial charge in [-0.2, -0.15) is 0 Å². The van der Waals surface area contributed by atoms with Gasteiger partial charge in [0.2, 0.25) is 0 Å². The average Bonchev–Trinajstić information content (AvgIpc) is 3.25. The van der Waals surface area contributed by atoms with E-state index in [1.54, 1.807) is 0 Å². The van der Waals surface area contributed by atoms with Gasteiger partial charge in [-0.05, 0) is 44.1 Å². The van der Waals surface area contributed by atoms with Crippen molar-refractivity contribution in [2.75, 3.05) is 36.5 Å². The Morgan fingerprint density at radius 3 is 2.46 bits per heavy atom. The Balaban J connectivity index is 1.71. The first kappa shape index (κ1) is 18.6. The molecule has 4 rings (SSSR count). The Bertz CT molecular complexity index is 1010. The van der Waals surface area contributed by atoms with E-state index in [1.807, 2.05) is 49.5 Å². The van der Waals surface area contributed by atoms with Crippen LogP contribution in [0.3, 0.4) is 0 Å². The average molecular weight is 395 g/mol. The molecule has 6 nitrogen and oxygen atoms in total. The van der Waals surface area contributed by atoms with E-state index in [9.17, 15) is 0 Å². The zero-order chi connectivity index (χ0) is 19.5. The molecule has 3 heterocycles. The molecule has 1 aliphatic heterocycles. The molecule has 1 fully saturated rings. The monoisotopic (exact) mass is 394 g/mol. The number of hydrogen-bond acceptors (Lipinski definition) is 6. The van der Waals surface area contributed by atoms with Crippen LogP contribution in [-0.4, -0.2) is 46.6 Å². The quantitative estimate of drug-likeness (QED) is 0.601. The number of para-hydroxylation sites is 2. The molecule has 7 heteroatoms. The van der Waals surface area contributed by atoms with Gasteiger partial charge < -0.3 is 9.80 Å². The van der Waals surface area contributed by atoms with E-state index in [0.29, 0.717) is 11.0 Å².